The van der Waals surface area contributed by atoms with E-state index in [1.54, 1.807) is 6.92 Å². The van der Waals surface area contributed by atoms with Crippen molar-refractivity contribution in [1.82, 2.24) is 15.0 Å². The summed E-state index contributed by atoms with van der Waals surface area (Å²) in [6, 6.07) is 6.00. The van der Waals surface area contributed by atoms with Crippen LogP contribution in [0, 0.1) is 24.1 Å². The number of likely N-dealkylation sites (tertiary alicyclic amines) is 1. The Morgan fingerprint density at radius 2 is 2.36 bits per heavy atom. The van der Waals surface area contributed by atoms with Gasteiger partial charge in [-0.15, -0.1) is 0 Å². The fourth-order valence-electron chi connectivity index (χ4n) is 2.74. The van der Waals surface area contributed by atoms with Gasteiger partial charge in [-0.1, -0.05) is 5.16 Å². The van der Waals surface area contributed by atoms with Gasteiger partial charge in [0.25, 0.3) is 0 Å². The molecule has 0 saturated carbocycles. The number of aromatic nitrogens is 2. The van der Waals surface area contributed by atoms with Crippen molar-refractivity contribution in [3.63, 3.8) is 0 Å². The van der Waals surface area contributed by atoms with Gasteiger partial charge in [0.2, 0.25) is 5.89 Å². The van der Waals surface area contributed by atoms with E-state index in [0.29, 0.717) is 35.8 Å². The van der Waals surface area contributed by atoms with Crippen molar-refractivity contribution in [3.05, 3.63) is 46.9 Å². The highest BCUT2D eigenvalue weighted by Crippen LogP contribution is 2.32. The molecule has 0 unspecified atom stereocenters. The lowest BCUT2D eigenvalue weighted by molar-refractivity contribution is 0.168. The number of nitriles is 1. The molecule has 0 amide bonds. The van der Waals surface area contributed by atoms with E-state index in [4.69, 9.17) is 9.78 Å². The molecule has 1 aromatic heterocycles. The number of β-amino-alcohol motifs (C(OH)–C–C–N with tert-alkyl or cyclic N) is 1. The Labute approximate surface area is 126 Å². The summed E-state index contributed by atoms with van der Waals surface area (Å²) in [5.74, 6) is 0.570. The quantitative estimate of drug-likeness (QED) is 0.928. The summed E-state index contributed by atoms with van der Waals surface area (Å²) in [5.41, 5.74) is 0.815. The average Bonchev–Trinajstić information content (AvgIpc) is 3.07. The van der Waals surface area contributed by atoms with Gasteiger partial charge in [-0.05, 0) is 31.5 Å². The molecule has 1 aliphatic rings. The first-order chi connectivity index (χ1) is 10.6. The van der Waals surface area contributed by atoms with Crippen LogP contribution in [0.15, 0.2) is 22.7 Å². The number of nitrogens with zero attached hydrogens (tertiary/aromatic N) is 4. The minimum atomic E-state index is -0.528. The van der Waals surface area contributed by atoms with Crippen LogP contribution in [-0.4, -0.2) is 32.8 Å². The Hall–Kier alpha value is -2.30. The van der Waals surface area contributed by atoms with E-state index in [-0.39, 0.29) is 18.4 Å². The predicted octanol–water partition coefficient (Wildman–Crippen LogP) is 1.70. The van der Waals surface area contributed by atoms with Crippen molar-refractivity contribution in [2.24, 2.45) is 0 Å². The number of benzene rings is 1. The van der Waals surface area contributed by atoms with E-state index < -0.39 is 6.10 Å². The van der Waals surface area contributed by atoms with E-state index in [2.05, 4.69) is 10.1 Å². The molecular formula is C15H15FN4O2. The van der Waals surface area contributed by atoms with Gasteiger partial charge in [-0.25, -0.2) is 4.39 Å². The highest BCUT2D eigenvalue weighted by Gasteiger charge is 2.36. The second-order valence-corrected chi connectivity index (χ2v) is 5.43. The molecule has 0 radical (unpaired) electrons. The summed E-state index contributed by atoms with van der Waals surface area (Å²) in [5, 5.41) is 22.6. The average molecular weight is 302 g/mol. The first-order valence-corrected chi connectivity index (χ1v) is 6.97. The van der Waals surface area contributed by atoms with Gasteiger partial charge in [0, 0.05) is 18.7 Å². The van der Waals surface area contributed by atoms with Gasteiger partial charge in [-0.2, -0.15) is 10.2 Å². The summed E-state index contributed by atoms with van der Waals surface area (Å²) in [6.45, 7) is 2.38. The number of hydrogen-bond donors (Lipinski definition) is 1. The summed E-state index contributed by atoms with van der Waals surface area (Å²) < 4.78 is 19.1. The highest BCUT2D eigenvalue weighted by atomic mass is 19.1. The van der Waals surface area contributed by atoms with Crippen molar-refractivity contribution in [1.29, 1.82) is 5.26 Å². The van der Waals surface area contributed by atoms with Crippen molar-refractivity contribution >= 4 is 0 Å². The molecule has 2 atom stereocenters. The molecule has 1 aromatic carbocycles. The molecule has 22 heavy (non-hydrogen) atoms. The van der Waals surface area contributed by atoms with Crippen LogP contribution in [0.4, 0.5) is 4.39 Å². The molecule has 0 aliphatic carbocycles. The molecule has 0 spiro atoms. The number of hydrogen-bond acceptors (Lipinski definition) is 6. The maximum Gasteiger partial charge on any atom is 0.244 e. The van der Waals surface area contributed by atoms with Crippen LogP contribution in [0.1, 0.15) is 35.3 Å². The molecule has 3 rings (SSSR count). The molecule has 2 heterocycles. The van der Waals surface area contributed by atoms with Gasteiger partial charge < -0.3 is 9.63 Å². The Balaban J connectivity index is 1.85. The lowest BCUT2D eigenvalue weighted by Crippen LogP contribution is -2.25. The minimum absolute atomic E-state index is 0.249. The van der Waals surface area contributed by atoms with E-state index in [1.165, 1.54) is 18.2 Å². The Morgan fingerprint density at radius 3 is 3.05 bits per heavy atom. The zero-order valence-corrected chi connectivity index (χ0v) is 12.0. The smallest absolute Gasteiger partial charge is 0.244 e. The van der Waals surface area contributed by atoms with E-state index >= 15 is 0 Å². The second kappa shape index (κ2) is 5.83. The Bertz CT molecular complexity index is 725. The van der Waals surface area contributed by atoms with Gasteiger partial charge in [-0.3, -0.25) is 4.90 Å². The standard InChI is InChI=1S/C15H15FN4O2/c1-9-18-15(22-19-9)14-5-12(21)8-20(14)7-11-4-10(6-17)2-3-13(11)16/h2-4,12,14,21H,5,7-8H2,1H3/t12-,14-/m1/s1. The normalized spacial score (nSPS) is 21.9. The van der Waals surface area contributed by atoms with Gasteiger partial charge >= 0.3 is 0 Å². The fraction of sp³-hybridized carbons (Fsp3) is 0.400. The van der Waals surface area contributed by atoms with Crippen LogP contribution >= 0.6 is 0 Å². The number of aryl methyl sites for hydroxylation is 1. The van der Waals surface area contributed by atoms with Crippen molar-refractivity contribution in [2.45, 2.75) is 32.0 Å². The van der Waals surface area contributed by atoms with Crippen LogP contribution in [0.25, 0.3) is 0 Å². The maximum atomic E-state index is 13.9. The van der Waals surface area contributed by atoms with Crippen molar-refractivity contribution in [2.75, 3.05) is 6.54 Å². The van der Waals surface area contributed by atoms with E-state index in [0.717, 1.165) is 0 Å². The zero-order chi connectivity index (χ0) is 15.7. The minimum Gasteiger partial charge on any atom is -0.392 e. The number of halogens is 1. The highest BCUT2D eigenvalue weighted by molar-refractivity contribution is 5.33. The predicted molar refractivity (Wildman–Crippen MR) is 73.9 cm³/mol. The molecule has 6 nitrogen and oxygen atoms in total. The number of rotatable bonds is 3. The number of aliphatic hydroxyl groups excluding tert-OH is 1. The van der Waals surface area contributed by atoms with E-state index in [1.807, 2.05) is 11.0 Å². The third-order valence-electron chi connectivity index (χ3n) is 3.76. The first kappa shape index (κ1) is 14.6. The topological polar surface area (TPSA) is 86.2 Å². The van der Waals surface area contributed by atoms with Crippen LogP contribution < -0.4 is 0 Å². The summed E-state index contributed by atoms with van der Waals surface area (Å²) in [6.07, 6.45) is -0.0688. The summed E-state index contributed by atoms with van der Waals surface area (Å²) in [4.78, 5) is 6.08. The van der Waals surface area contributed by atoms with Crippen LogP contribution in [0.5, 0.6) is 0 Å². The van der Waals surface area contributed by atoms with Crippen molar-refractivity contribution < 1.29 is 14.0 Å². The Kier molecular flexibility index (Phi) is 3.88. The van der Waals surface area contributed by atoms with Gasteiger partial charge in [0.05, 0.1) is 23.8 Å². The third kappa shape index (κ3) is 2.84. The molecular weight excluding hydrogens is 287 g/mol. The lowest BCUT2D eigenvalue weighted by Gasteiger charge is -2.21. The lowest BCUT2D eigenvalue weighted by atomic mass is 10.1. The fourth-order valence-corrected chi connectivity index (χ4v) is 2.74. The molecule has 7 heteroatoms. The molecule has 114 valence electrons. The van der Waals surface area contributed by atoms with Crippen molar-refractivity contribution in [3.8, 4) is 6.07 Å². The molecule has 1 fully saturated rings. The Morgan fingerprint density at radius 1 is 1.55 bits per heavy atom. The van der Waals surface area contributed by atoms with Crippen LogP contribution in [-0.2, 0) is 6.54 Å². The summed E-state index contributed by atoms with van der Waals surface area (Å²) >= 11 is 0. The first-order valence-electron chi connectivity index (χ1n) is 6.97. The monoisotopic (exact) mass is 302 g/mol. The van der Waals surface area contributed by atoms with Crippen LogP contribution in [0.2, 0.25) is 0 Å². The molecule has 0 bridgehead atoms. The SMILES string of the molecule is Cc1noc([C@H]2C[C@@H](O)CN2Cc2cc(C#N)ccc2F)n1. The number of aliphatic hydroxyl groups is 1. The van der Waals surface area contributed by atoms with E-state index in [9.17, 15) is 9.50 Å². The molecule has 1 aliphatic heterocycles. The molecule has 2 aromatic rings. The second-order valence-electron chi connectivity index (χ2n) is 5.43. The summed E-state index contributed by atoms with van der Waals surface area (Å²) in [7, 11) is 0. The van der Waals surface area contributed by atoms with Gasteiger partial charge in [0.1, 0.15) is 5.82 Å². The third-order valence-corrected chi connectivity index (χ3v) is 3.76. The molecule has 1 N–H and O–H groups in total. The zero-order valence-electron chi connectivity index (χ0n) is 12.0. The van der Waals surface area contributed by atoms with Crippen LogP contribution in [0.3, 0.4) is 0 Å². The molecule has 1 saturated heterocycles. The van der Waals surface area contributed by atoms with Gasteiger partial charge in [0.15, 0.2) is 5.82 Å². The maximum absolute atomic E-state index is 13.9. The largest absolute Gasteiger partial charge is 0.392 e.